The number of allylic oxidation sites excluding steroid dienone is 2. The van der Waals surface area contributed by atoms with E-state index in [0.717, 1.165) is 12.8 Å². The van der Waals surface area contributed by atoms with Crippen molar-refractivity contribution in [3.8, 4) is 0 Å². The van der Waals surface area contributed by atoms with Crippen molar-refractivity contribution in [1.82, 2.24) is 0 Å². The highest BCUT2D eigenvalue weighted by Crippen LogP contribution is 2.42. The van der Waals surface area contributed by atoms with Crippen molar-refractivity contribution in [2.45, 2.75) is 45.1 Å². The van der Waals surface area contributed by atoms with Crippen LogP contribution in [0.1, 0.15) is 39.0 Å². The van der Waals surface area contributed by atoms with Crippen LogP contribution in [0, 0.1) is 5.41 Å². The molecule has 1 spiro atoms. The summed E-state index contributed by atoms with van der Waals surface area (Å²) in [4.78, 5) is 23.8. The zero-order valence-electron chi connectivity index (χ0n) is 8.99. The summed E-state index contributed by atoms with van der Waals surface area (Å²) in [6.07, 6.45) is 7.05. The van der Waals surface area contributed by atoms with E-state index in [2.05, 4.69) is 6.92 Å². The maximum Gasteiger partial charge on any atom is 0.321 e. The van der Waals surface area contributed by atoms with Crippen LogP contribution in [0.5, 0.6) is 0 Å². The van der Waals surface area contributed by atoms with Crippen molar-refractivity contribution in [3.63, 3.8) is 0 Å². The van der Waals surface area contributed by atoms with Crippen LogP contribution in [-0.4, -0.2) is 17.9 Å². The normalized spacial score (nSPS) is 27.7. The zero-order chi connectivity index (χ0) is 10.9. The quantitative estimate of drug-likeness (QED) is 0.405. The molecule has 1 unspecified atom stereocenters. The molecule has 1 fully saturated rings. The van der Waals surface area contributed by atoms with Crippen LogP contribution in [0.15, 0.2) is 12.2 Å². The Hall–Kier alpha value is -1.12. The molecule has 0 saturated carbocycles. The maximum atomic E-state index is 12.1. The predicted molar refractivity (Wildman–Crippen MR) is 55.2 cm³/mol. The van der Waals surface area contributed by atoms with Gasteiger partial charge in [-0.05, 0) is 25.7 Å². The van der Waals surface area contributed by atoms with Crippen LogP contribution in [0.2, 0.25) is 0 Å². The molecule has 1 saturated heterocycles. The Labute approximate surface area is 89.5 Å². The lowest BCUT2D eigenvalue weighted by atomic mass is 9.80. The van der Waals surface area contributed by atoms with Crippen LogP contribution >= 0.6 is 0 Å². The molecule has 2 aliphatic rings. The van der Waals surface area contributed by atoms with Crippen molar-refractivity contribution in [3.05, 3.63) is 12.2 Å². The molecule has 1 aliphatic heterocycles. The number of carbonyl (C=O) groups is 2. The summed E-state index contributed by atoms with van der Waals surface area (Å²) in [6.45, 7) is 2.06. The van der Waals surface area contributed by atoms with Gasteiger partial charge < -0.3 is 4.74 Å². The van der Waals surface area contributed by atoms with E-state index >= 15 is 0 Å². The Balaban J connectivity index is 2.10. The Bertz CT molecular complexity index is 309. The minimum absolute atomic E-state index is 0.00551. The Morgan fingerprint density at radius 1 is 1.40 bits per heavy atom. The second kappa shape index (κ2) is 3.80. The molecule has 0 aromatic heterocycles. The predicted octanol–water partition coefficient (Wildman–Crippen LogP) is 2.01. The largest absolute Gasteiger partial charge is 0.454 e. The lowest BCUT2D eigenvalue weighted by Crippen LogP contribution is -2.32. The fraction of sp³-hybridized carbons (Fsp3) is 0.667. The first kappa shape index (κ1) is 10.4. The number of hydrogen-bond donors (Lipinski definition) is 0. The first-order valence-electron chi connectivity index (χ1n) is 5.61. The molecule has 0 aromatic rings. The van der Waals surface area contributed by atoms with Crippen LogP contribution < -0.4 is 0 Å². The third-order valence-corrected chi connectivity index (χ3v) is 3.32. The molecule has 0 amide bonds. The lowest BCUT2D eigenvalue weighted by molar-refractivity contribution is -0.148. The summed E-state index contributed by atoms with van der Waals surface area (Å²) in [5.41, 5.74) is -0.835. The fourth-order valence-corrected chi connectivity index (χ4v) is 2.30. The fourth-order valence-electron chi connectivity index (χ4n) is 2.30. The molecule has 1 atom stereocenters. The first-order chi connectivity index (χ1) is 7.20. The van der Waals surface area contributed by atoms with Gasteiger partial charge in [-0.2, -0.15) is 0 Å². The van der Waals surface area contributed by atoms with Gasteiger partial charge in [0.05, 0.1) is 0 Å². The molecule has 3 nitrogen and oxygen atoms in total. The molecule has 0 aromatic carbocycles. The van der Waals surface area contributed by atoms with E-state index in [4.69, 9.17) is 4.74 Å². The zero-order valence-corrected chi connectivity index (χ0v) is 8.99. The molecule has 3 heteroatoms. The number of Topliss-reactive ketones (excluding diaryl/α,β-unsaturated/α-hetero) is 1. The van der Waals surface area contributed by atoms with Gasteiger partial charge in [0.1, 0.15) is 5.41 Å². The molecule has 82 valence electrons. The highest BCUT2D eigenvalue weighted by Gasteiger charge is 2.56. The number of ether oxygens (including phenoxy) is 1. The van der Waals surface area contributed by atoms with E-state index in [0.29, 0.717) is 19.3 Å². The second-order valence-electron chi connectivity index (χ2n) is 4.36. The van der Waals surface area contributed by atoms with Crippen molar-refractivity contribution >= 4 is 11.8 Å². The van der Waals surface area contributed by atoms with E-state index in [-0.39, 0.29) is 11.8 Å². The van der Waals surface area contributed by atoms with E-state index in [1.165, 1.54) is 0 Å². The van der Waals surface area contributed by atoms with Gasteiger partial charge in [0.15, 0.2) is 11.9 Å². The molecule has 2 rings (SSSR count). The third-order valence-electron chi connectivity index (χ3n) is 3.32. The van der Waals surface area contributed by atoms with E-state index in [9.17, 15) is 9.59 Å². The van der Waals surface area contributed by atoms with Crippen LogP contribution in [0.4, 0.5) is 0 Å². The van der Waals surface area contributed by atoms with Crippen LogP contribution in [0.25, 0.3) is 0 Å². The topological polar surface area (TPSA) is 43.4 Å². The third kappa shape index (κ3) is 1.50. The second-order valence-corrected chi connectivity index (χ2v) is 4.36. The van der Waals surface area contributed by atoms with Gasteiger partial charge >= 0.3 is 5.97 Å². The molecule has 0 N–H and O–H groups in total. The lowest BCUT2D eigenvalue weighted by Gasteiger charge is -2.14. The highest BCUT2D eigenvalue weighted by molar-refractivity contribution is 6.11. The van der Waals surface area contributed by atoms with E-state index < -0.39 is 11.5 Å². The van der Waals surface area contributed by atoms with Crippen molar-refractivity contribution in [1.29, 1.82) is 0 Å². The summed E-state index contributed by atoms with van der Waals surface area (Å²) in [5.74, 6) is -0.301. The van der Waals surface area contributed by atoms with Crippen molar-refractivity contribution in [2.75, 3.05) is 0 Å². The first-order valence-corrected chi connectivity index (χ1v) is 5.61. The minimum Gasteiger partial charge on any atom is -0.454 e. The number of esters is 1. The summed E-state index contributed by atoms with van der Waals surface area (Å²) in [7, 11) is 0. The monoisotopic (exact) mass is 208 g/mol. The molecular formula is C12H16O3. The maximum absolute atomic E-state index is 12.1. The molecule has 0 radical (unpaired) electrons. The number of ketones is 1. The molecule has 1 heterocycles. The minimum atomic E-state index is -0.835. The summed E-state index contributed by atoms with van der Waals surface area (Å²) in [6, 6.07) is 0. The number of hydrogen-bond acceptors (Lipinski definition) is 3. The number of carbonyl (C=O) groups excluding carboxylic acids is 2. The van der Waals surface area contributed by atoms with Crippen LogP contribution in [-0.2, 0) is 14.3 Å². The summed E-state index contributed by atoms with van der Waals surface area (Å²) >= 11 is 0. The standard InChI is InChI=1S/C12H16O3/c1-2-3-6-9-10(13)12(11(14)15-9)7-4-5-8-12/h4-5,9H,2-3,6-8H2,1H3. The van der Waals surface area contributed by atoms with E-state index in [1.807, 2.05) is 12.2 Å². The van der Waals surface area contributed by atoms with Gasteiger partial charge in [-0.15, -0.1) is 0 Å². The smallest absolute Gasteiger partial charge is 0.321 e. The average molecular weight is 208 g/mol. The highest BCUT2D eigenvalue weighted by atomic mass is 16.6. The van der Waals surface area contributed by atoms with Crippen molar-refractivity contribution in [2.24, 2.45) is 5.41 Å². The van der Waals surface area contributed by atoms with Gasteiger partial charge in [-0.1, -0.05) is 25.5 Å². The Morgan fingerprint density at radius 2 is 2.07 bits per heavy atom. The molecule has 0 bridgehead atoms. The van der Waals surface area contributed by atoms with E-state index in [1.54, 1.807) is 0 Å². The molecular weight excluding hydrogens is 192 g/mol. The number of unbranched alkanes of at least 4 members (excludes halogenated alkanes) is 1. The van der Waals surface area contributed by atoms with Gasteiger partial charge in [-0.3, -0.25) is 9.59 Å². The molecule has 1 aliphatic carbocycles. The van der Waals surface area contributed by atoms with Gasteiger partial charge in [-0.25, -0.2) is 0 Å². The summed E-state index contributed by atoms with van der Waals surface area (Å²) in [5, 5.41) is 0. The van der Waals surface area contributed by atoms with Crippen molar-refractivity contribution < 1.29 is 14.3 Å². The Kier molecular flexibility index (Phi) is 2.63. The average Bonchev–Trinajstić information content (AvgIpc) is 2.79. The number of cyclic esters (lactones) is 1. The van der Waals surface area contributed by atoms with Crippen LogP contribution in [0.3, 0.4) is 0 Å². The SMILES string of the molecule is CCCCC1OC(=O)C2(CC=CC2)C1=O. The van der Waals surface area contributed by atoms with Gasteiger partial charge in [0, 0.05) is 0 Å². The summed E-state index contributed by atoms with van der Waals surface area (Å²) < 4.78 is 5.18. The number of rotatable bonds is 3. The van der Waals surface area contributed by atoms with Gasteiger partial charge in [0.2, 0.25) is 0 Å². The molecule has 15 heavy (non-hydrogen) atoms. The Morgan fingerprint density at radius 3 is 2.67 bits per heavy atom. The van der Waals surface area contributed by atoms with Gasteiger partial charge in [0.25, 0.3) is 0 Å².